The van der Waals surface area contributed by atoms with Gasteiger partial charge in [0.1, 0.15) is 6.33 Å². The van der Waals surface area contributed by atoms with Crippen LogP contribution in [-0.2, 0) is 13.6 Å². The number of benzene rings is 1. The van der Waals surface area contributed by atoms with Crippen molar-refractivity contribution in [2.75, 3.05) is 37.7 Å². The Kier molecular flexibility index (Phi) is 5.84. The zero-order chi connectivity index (χ0) is 21.1. The van der Waals surface area contributed by atoms with Crippen LogP contribution in [0.3, 0.4) is 0 Å². The van der Waals surface area contributed by atoms with E-state index in [1.807, 2.05) is 18.2 Å². The highest BCUT2D eigenvalue weighted by Crippen LogP contribution is 2.27. The summed E-state index contributed by atoms with van der Waals surface area (Å²) in [7, 11) is 1.68. The molecule has 0 amide bonds. The van der Waals surface area contributed by atoms with Crippen LogP contribution in [0, 0.1) is 0 Å². The molecule has 1 aliphatic heterocycles. The molecule has 0 spiro atoms. The summed E-state index contributed by atoms with van der Waals surface area (Å²) >= 11 is 0. The van der Waals surface area contributed by atoms with Crippen molar-refractivity contribution >= 4 is 16.6 Å². The van der Waals surface area contributed by atoms with E-state index in [1.165, 1.54) is 10.9 Å². The number of ether oxygens (including phenoxy) is 1. The topological polar surface area (TPSA) is 76.4 Å². The summed E-state index contributed by atoms with van der Waals surface area (Å²) in [6.07, 6.45) is 0.288. The fourth-order valence-electron chi connectivity index (χ4n) is 3.45. The fraction of sp³-hybridized carbons (Fsp3) is 0.400. The molecule has 4 rings (SSSR count). The number of nitrogens with zero attached hydrogens (tertiary/aromatic N) is 6. The van der Waals surface area contributed by atoms with Crippen molar-refractivity contribution in [2.45, 2.75) is 13.0 Å². The second-order valence-corrected chi connectivity index (χ2v) is 7.17. The average molecular weight is 416 g/mol. The Hall–Kier alpha value is -3.14. The third kappa shape index (κ3) is 4.54. The second-order valence-electron chi connectivity index (χ2n) is 7.17. The number of piperazine rings is 1. The molecule has 3 heterocycles. The smallest absolute Gasteiger partial charge is 0.272 e. The molecule has 10 heteroatoms. The van der Waals surface area contributed by atoms with Gasteiger partial charge in [-0.05, 0) is 18.2 Å². The van der Waals surface area contributed by atoms with Crippen LogP contribution in [0.25, 0.3) is 10.9 Å². The molecule has 2 aromatic heterocycles. The van der Waals surface area contributed by atoms with Crippen molar-refractivity contribution in [3.63, 3.8) is 0 Å². The molecule has 8 nitrogen and oxygen atoms in total. The number of halogens is 2. The molecule has 30 heavy (non-hydrogen) atoms. The Bertz CT molecular complexity index is 1080. The SMILES string of the molecule is Cn1cnc(CN2CCN(c3ccc4ncnc(OCC(F)F)c4c3)CC2)cc1=O. The lowest BCUT2D eigenvalue weighted by atomic mass is 10.2. The van der Waals surface area contributed by atoms with E-state index >= 15 is 0 Å². The van der Waals surface area contributed by atoms with E-state index in [-0.39, 0.29) is 11.4 Å². The number of aromatic nitrogens is 4. The number of hydrogen-bond acceptors (Lipinski definition) is 7. The zero-order valence-corrected chi connectivity index (χ0v) is 16.5. The van der Waals surface area contributed by atoms with Gasteiger partial charge in [-0.25, -0.2) is 23.7 Å². The highest BCUT2D eigenvalue weighted by atomic mass is 19.3. The maximum Gasteiger partial charge on any atom is 0.272 e. The lowest BCUT2D eigenvalue weighted by Crippen LogP contribution is -2.46. The number of anilines is 1. The third-order valence-electron chi connectivity index (χ3n) is 5.09. The molecule has 0 radical (unpaired) electrons. The fourth-order valence-corrected chi connectivity index (χ4v) is 3.45. The number of rotatable bonds is 6. The summed E-state index contributed by atoms with van der Waals surface area (Å²) in [5.74, 6) is 0.164. The predicted molar refractivity (Wildman–Crippen MR) is 108 cm³/mol. The Labute approximate surface area is 171 Å². The maximum absolute atomic E-state index is 12.5. The maximum atomic E-state index is 12.5. The zero-order valence-electron chi connectivity index (χ0n) is 16.5. The molecule has 0 atom stereocenters. The van der Waals surface area contributed by atoms with E-state index in [2.05, 4.69) is 24.8 Å². The van der Waals surface area contributed by atoms with Crippen molar-refractivity contribution in [3.05, 3.63) is 53.0 Å². The largest absolute Gasteiger partial charge is 0.471 e. The van der Waals surface area contributed by atoms with E-state index in [0.29, 0.717) is 17.4 Å². The van der Waals surface area contributed by atoms with Crippen molar-refractivity contribution in [1.82, 2.24) is 24.4 Å². The van der Waals surface area contributed by atoms with E-state index in [0.717, 1.165) is 37.6 Å². The normalized spacial score (nSPS) is 15.1. The van der Waals surface area contributed by atoms with Crippen LogP contribution in [0.2, 0.25) is 0 Å². The molecule has 1 aliphatic rings. The lowest BCUT2D eigenvalue weighted by molar-refractivity contribution is 0.0804. The minimum atomic E-state index is -2.56. The molecule has 158 valence electrons. The van der Waals surface area contributed by atoms with E-state index < -0.39 is 13.0 Å². The van der Waals surface area contributed by atoms with Crippen LogP contribution >= 0.6 is 0 Å². The molecule has 1 aromatic carbocycles. The summed E-state index contributed by atoms with van der Waals surface area (Å²) < 4.78 is 31.7. The molecule has 0 aliphatic carbocycles. The van der Waals surface area contributed by atoms with Gasteiger partial charge in [0.05, 0.1) is 22.9 Å². The first-order chi connectivity index (χ1) is 14.5. The first-order valence-corrected chi connectivity index (χ1v) is 9.64. The second kappa shape index (κ2) is 8.70. The van der Waals surface area contributed by atoms with Gasteiger partial charge in [0.25, 0.3) is 12.0 Å². The van der Waals surface area contributed by atoms with Gasteiger partial charge in [-0.2, -0.15) is 0 Å². The Balaban J connectivity index is 1.44. The monoisotopic (exact) mass is 416 g/mol. The average Bonchev–Trinajstić information content (AvgIpc) is 2.75. The van der Waals surface area contributed by atoms with Crippen molar-refractivity contribution in [1.29, 1.82) is 0 Å². The van der Waals surface area contributed by atoms with Gasteiger partial charge < -0.3 is 14.2 Å². The van der Waals surface area contributed by atoms with E-state index in [1.54, 1.807) is 19.4 Å². The van der Waals surface area contributed by atoms with E-state index in [4.69, 9.17) is 4.74 Å². The number of hydrogen-bond donors (Lipinski definition) is 0. The lowest BCUT2D eigenvalue weighted by Gasteiger charge is -2.36. The highest BCUT2D eigenvalue weighted by molar-refractivity contribution is 5.86. The van der Waals surface area contributed by atoms with Gasteiger partial charge in [0, 0.05) is 51.5 Å². The molecular formula is C20H22F2N6O2. The highest BCUT2D eigenvalue weighted by Gasteiger charge is 2.19. The molecule has 1 fully saturated rings. The van der Waals surface area contributed by atoms with Crippen LogP contribution in [0.5, 0.6) is 5.88 Å². The van der Waals surface area contributed by atoms with Crippen LogP contribution in [-0.4, -0.2) is 63.6 Å². The Morgan fingerprint density at radius 2 is 1.90 bits per heavy atom. The molecule has 0 N–H and O–H groups in total. The van der Waals surface area contributed by atoms with Crippen LogP contribution in [0.1, 0.15) is 5.69 Å². The number of alkyl halides is 2. The molecular weight excluding hydrogens is 394 g/mol. The van der Waals surface area contributed by atoms with Gasteiger partial charge in [-0.1, -0.05) is 0 Å². The minimum absolute atomic E-state index is 0.0677. The van der Waals surface area contributed by atoms with Crippen LogP contribution in [0.4, 0.5) is 14.5 Å². The number of fused-ring (bicyclic) bond motifs is 1. The summed E-state index contributed by atoms with van der Waals surface area (Å²) in [4.78, 5) is 28.7. The van der Waals surface area contributed by atoms with Gasteiger partial charge >= 0.3 is 0 Å². The summed E-state index contributed by atoms with van der Waals surface area (Å²) in [6, 6.07) is 7.26. The molecule has 1 saturated heterocycles. The van der Waals surface area contributed by atoms with Gasteiger partial charge in [-0.15, -0.1) is 0 Å². The third-order valence-corrected chi connectivity index (χ3v) is 5.09. The summed E-state index contributed by atoms with van der Waals surface area (Å²) in [6.45, 7) is 3.13. The molecule has 0 unspecified atom stereocenters. The molecule has 0 bridgehead atoms. The first kappa shape index (κ1) is 20.1. The minimum Gasteiger partial charge on any atom is -0.471 e. The van der Waals surface area contributed by atoms with Crippen molar-refractivity contribution in [2.24, 2.45) is 7.05 Å². The molecule has 0 saturated carbocycles. The van der Waals surface area contributed by atoms with E-state index in [9.17, 15) is 13.6 Å². The van der Waals surface area contributed by atoms with Gasteiger partial charge in [0.15, 0.2) is 6.61 Å². The number of aryl methyl sites for hydroxylation is 1. The van der Waals surface area contributed by atoms with Gasteiger partial charge in [0.2, 0.25) is 5.88 Å². The van der Waals surface area contributed by atoms with Gasteiger partial charge in [-0.3, -0.25) is 9.69 Å². The quantitative estimate of drug-likeness (QED) is 0.605. The van der Waals surface area contributed by atoms with Crippen molar-refractivity contribution in [3.8, 4) is 5.88 Å². The standard InChI is InChI=1S/C20H22F2N6O2/c1-26-13-25-14(8-19(26)29)10-27-4-6-28(7-5-27)15-2-3-17-16(9-15)20(24-12-23-17)30-11-18(21)22/h2-3,8-9,12-13,18H,4-7,10-11H2,1H3. The predicted octanol–water partition coefficient (Wildman–Crippen LogP) is 1.69. The first-order valence-electron chi connectivity index (χ1n) is 9.64. The summed E-state index contributed by atoms with van der Waals surface area (Å²) in [5, 5.41) is 0.613. The van der Waals surface area contributed by atoms with Crippen LogP contribution < -0.4 is 15.2 Å². The van der Waals surface area contributed by atoms with Crippen LogP contribution in [0.15, 0.2) is 41.7 Å². The van der Waals surface area contributed by atoms with Crippen molar-refractivity contribution < 1.29 is 13.5 Å². The molecule has 3 aromatic rings. The summed E-state index contributed by atoms with van der Waals surface area (Å²) in [5.41, 5.74) is 2.30. The Morgan fingerprint density at radius 3 is 2.63 bits per heavy atom. The Morgan fingerprint density at radius 1 is 1.10 bits per heavy atom.